The van der Waals surface area contributed by atoms with Crippen LogP contribution in [-0.2, 0) is 9.59 Å². The summed E-state index contributed by atoms with van der Waals surface area (Å²) in [5.41, 5.74) is 0. The van der Waals surface area contributed by atoms with Crippen molar-refractivity contribution in [3.8, 4) is 0 Å². The monoisotopic (exact) mass is 270 g/mol. The Morgan fingerprint density at radius 2 is 2.16 bits per heavy atom. The smallest absolute Gasteiger partial charge is 0.308 e. The van der Waals surface area contributed by atoms with Gasteiger partial charge >= 0.3 is 5.97 Å². The Bertz CT molecular complexity index is 299. The Hall–Kier alpha value is -1.10. The maximum atomic E-state index is 11.8. The number of hydrogen-bond donors (Lipinski definition) is 3. The van der Waals surface area contributed by atoms with Gasteiger partial charge in [0.25, 0.3) is 0 Å². The van der Waals surface area contributed by atoms with Crippen molar-refractivity contribution in [1.82, 2.24) is 10.6 Å². The highest BCUT2D eigenvalue weighted by atomic mass is 16.4. The summed E-state index contributed by atoms with van der Waals surface area (Å²) in [7, 11) is 0. The highest BCUT2D eigenvalue weighted by Gasteiger charge is 2.21. The molecule has 110 valence electrons. The lowest BCUT2D eigenvalue weighted by Gasteiger charge is -2.22. The molecule has 19 heavy (non-hydrogen) atoms. The van der Waals surface area contributed by atoms with Gasteiger partial charge in [-0.05, 0) is 44.2 Å². The quantitative estimate of drug-likeness (QED) is 0.650. The molecular formula is C14H26N2O3. The fourth-order valence-electron chi connectivity index (χ4n) is 2.51. The second-order valence-corrected chi connectivity index (χ2v) is 5.89. The highest BCUT2D eigenvalue weighted by molar-refractivity contribution is 5.77. The molecule has 5 heteroatoms. The second kappa shape index (κ2) is 8.15. The van der Waals surface area contributed by atoms with Crippen LogP contribution in [0.15, 0.2) is 0 Å². The van der Waals surface area contributed by atoms with E-state index in [0.717, 1.165) is 25.9 Å². The molecule has 0 aliphatic carbocycles. The lowest BCUT2D eigenvalue weighted by atomic mass is 9.95. The van der Waals surface area contributed by atoms with Gasteiger partial charge in [-0.2, -0.15) is 0 Å². The van der Waals surface area contributed by atoms with Crippen molar-refractivity contribution in [2.24, 2.45) is 17.8 Å². The zero-order chi connectivity index (χ0) is 14.3. The fourth-order valence-corrected chi connectivity index (χ4v) is 2.51. The van der Waals surface area contributed by atoms with Crippen molar-refractivity contribution in [3.05, 3.63) is 0 Å². The van der Waals surface area contributed by atoms with Crippen LogP contribution < -0.4 is 10.6 Å². The molecule has 0 aromatic heterocycles. The number of piperidine rings is 1. The average Bonchev–Trinajstić information content (AvgIpc) is 2.35. The van der Waals surface area contributed by atoms with Gasteiger partial charge < -0.3 is 15.7 Å². The van der Waals surface area contributed by atoms with Gasteiger partial charge in [0.15, 0.2) is 0 Å². The number of carboxylic acid groups (broad SMARTS) is 1. The minimum Gasteiger partial charge on any atom is -0.481 e. The minimum atomic E-state index is -0.826. The van der Waals surface area contributed by atoms with Crippen LogP contribution in [-0.4, -0.2) is 36.6 Å². The standard InChI is InChI=1S/C14H26N2O3/c1-10(2)6-12(14(18)19)9-16-13(17)7-11-4-3-5-15-8-11/h10-12,15H,3-9H2,1-2H3,(H,16,17)(H,18,19). The molecule has 1 heterocycles. The molecule has 0 bridgehead atoms. The van der Waals surface area contributed by atoms with Crippen LogP contribution in [0.3, 0.4) is 0 Å². The number of carbonyl (C=O) groups excluding carboxylic acids is 1. The summed E-state index contributed by atoms with van der Waals surface area (Å²) in [4.78, 5) is 22.9. The molecule has 1 amide bonds. The maximum absolute atomic E-state index is 11.8. The second-order valence-electron chi connectivity index (χ2n) is 5.89. The predicted molar refractivity (Wildman–Crippen MR) is 73.8 cm³/mol. The summed E-state index contributed by atoms with van der Waals surface area (Å²) < 4.78 is 0. The van der Waals surface area contributed by atoms with E-state index in [1.807, 2.05) is 13.8 Å². The fraction of sp³-hybridized carbons (Fsp3) is 0.857. The number of aliphatic carboxylic acids is 1. The molecule has 5 nitrogen and oxygen atoms in total. The van der Waals surface area contributed by atoms with Crippen LogP contribution in [0.1, 0.15) is 39.5 Å². The van der Waals surface area contributed by atoms with E-state index in [4.69, 9.17) is 5.11 Å². The molecule has 2 unspecified atom stereocenters. The minimum absolute atomic E-state index is 0.0243. The van der Waals surface area contributed by atoms with Crippen molar-refractivity contribution in [2.75, 3.05) is 19.6 Å². The summed E-state index contributed by atoms with van der Waals surface area (Å²) in [5, 5.41) is 15.1. The van der Waals surface area contributed by atoms with Gasteiger partial charge in [0.1, 0.15) is 0 Å². The molecule has 1 aliphatic heterocycles. The van der Waals surface area contributed by atoms with E-state index >= 15 is 0 Å². The topological polar surface area (TPSA) is 78.4 Å². The zero-order valence-corrected chi connectivity index (χ0v) is 11.9. The van der Waals surface area contributed by atoms with Crippen molar-refractivity contribution in [1.29, 1.82) is 0 Å². The number of amides is 1. The predicted octanol–water partition coefficient (Wildman–Crippen LogP) is 1.24. The van der Waals surface area contributed by atoms with Crippen LogP contribution in [0.4, 0.5) is 0 Å². The lowest BCUT2D eigenvalue weighted by molar-refractivity contribution is -0.142. The van der Waals surface area contributed by atoms with Crippen LogP contribution in [0.2, 0.25) is 0 Å². The largest absolute Gasteiger partial charge is 0.481 e. The van der Waals surface area contributed by atoms with Gasteiger partial charge in [0.05, 0.1) is 5.92 Å². The molecule has 1 rings (SSSR count). The molecule has 0 aromatic carbocycles. The summed E-state index contributed by atoms with van der Waals surface area (Å²) >= 11 is 0. The van der Waals surface area contributed by atoms with E-state index in [1.54, 1.807) is 0 Å². The molecule has 0 saturated carbocycles. The first-order chi connectivity index (χ1) is 8.99. The Kier molecular flexibility index (Phi) is 6.84. The van der Waals surface area contributed by atoms with E-state index < -0.39 is 11.9 Å². The molecule has 1 saturated heterocycles. The van der Waals surface area contributed by atoms with Crippen LogP contribution in [0.5, 0.6) is 0 Å². The first kappa shape index (κ1) is 16.0. The Labute approximate surface area is 115 Å². The van der Waals surface area contributed by atoms with Crippen LogP contribution in [0, 0.1) is 17.8 Å². The Balaban J connectivity index is 2.28. The first-order valence-electron chi connectivity index (χ1n) is 7.19. The summed E-state index contributed by atoms with van der Waals surface area (Å²) in [5.74, 6) is -0.617. The molecule has 1 fully saturated rings. The van der Waals surface area contributed by atoms with E-state index in [9.17, 15) is 9.59 Å². The third-order valence-corrected chi connectivity index (χ3v) is 3.52. The molecule has 0 radical (unpaired) electrons. The van der Waals surface area contributed by atoms with Crippen LogP contribution >= 0.6 is 0 Å². The normalized spacial score (nSPS) is 21.1. The highest BCUT2D eigenvalue weighted by Crippen LogP contribution is 2.14. The third-order valence-electron chi connectivity index (χ3n) is 3.52. The first-order valence-corrected chi connectivity index (χ1v) is 7.19. The van der Waals surface area contributed by atoms with E-state index in [1.165, 1.54) is 0 Å². The Morgan fingerprint density at radius 3 is 2.68 bits per heavy atom. The van der Waals surface area contributed by atoms with Gasteiger partial charge in [0.2, 0.25) is 5.91 Å². The number of carboxylic acids is 1. The van der Waals surface area contributed by atoms with Gasteiger partial charge in [-0.3, -0.25) is 9.59 Å². The number of hydrogen-bond acceptors (Lipinski definition) is 3. The number of carbonyl (C=O) groups is 2. The lowest BCUT2D eigenvalue weighted by Crippen LogP contribution is -2.37. The summed E-state index contributed by atoms with van der Waals surface area (Å²) in [6.45, 7) is 6.15. The van der Waals surface area contributed by atoms with Gasteiger partial charge in [-0.25, -0.2) is 0 Å². The summed E-state index contributed by atoms with van der Waals surface area (Å²) in [6, 6.07) is 0. The molecule has 1 aliphatic rings. The van der Waals surface area contributed by atoms with Gasteiger partial charge in [-0.15, -0.1) is 0 Å². The number of rotatable bonds is 7. The van der Waals surface area contributed by atoms with E-state index in [0.29, 0.717) is 24.7 Å². The van der Waals surface area contributed by atoms with Gasteiger partial charge in [0, 0.05) is 13.0 Å². The zero-order valence-electron chi connectivity index (χ0n) is 11.9. The molecule has 0 spiro atoms. The van der Waals surface area contributed by atoms with Crippen LogP contribution in [0.25, 0.3) is 0 Å². The van der Waals surface area contributed by atoms with E-state index in [-0.39, 0.29) is 12.5 Å². The molecule has 0 aromatic rings. The SMILES string of the molecule is CC(C)CC(CNC(=O)CC1CCCNC1)C(=O)O. The van der Waals surface area contributed by atoms with Crippen molar-refractivity contribution in [2.45, 2.75) is 39.5 Å². The molecule has 2 atom stereocenters. The maximum Gasteiger partial charge on any atom is 0.308 e. The average molecular weight is 270 g/mol. The summed E-state index contributed by atoms with van der Waals surface area (Å²) in [6.07, 6.45) is 3.29. The van der Waals surface area contributed by atoms with Gasteiger partial charge in [-0.1, -0.05) is 13.8 Å². The Morgan fingerprint density at radius 1 is 1.42 bits per heavy atom. The van der Waals surface area contributed by atoms with Crippen molar-refractivity contribution >= 4 is 11.9 Å². The van der Waals surface area contributed by atoms with Crippen molar-refractivity contribution < 1.29 is 14.7 Å². The number of nitrogens with one attached hydrogen (secondary N) is 2. The molecular weight excluding hydrogens is 244 g/mol. The van der Waals surface area contributed by atoms with E-state index in [2.05, 4.69) is 10.6 Å². The molecule has 3 N–H and O–H groups in total. The van der Waals surface area contributed by atoms with Crippen molar-refractivity contribution in [3.63, 3.8) is 0 Å². The third kappa shape index (κ3) is 6.57.